The molecule has 2 aliphatic rings. The van der Waals surface area contributed by atoms with Crippen molar-refractivity contribution in [3.05, 3.63) is 29.8 Å². The van der Waals surface area contributed by atoms with E-state index in [2.05, 4.69) is 0 Å². The number of hydrogen-bond donors (Lipinski definition) is 0. The summed E-state index contributed by atoms with van der Waals surface area (Å²) in [5, 5.41) is 8.81. The van der Waals surface area contributed by atoms with Gasteiger partial charge >= 0.3 is 0 Å². The van der Waals surface area contributed by atoms with Gasteiger partial charge in [-0.25, -0.2) is 0 Å². The van der Waals surface area contributed by atoms with Crippen molar-refractivity contribution in [1.29, 1.82) is 5.26 Å². The monoisotopic (exact) mass is 284 g/mol. The number of ether oxygens (including phenoxy) is 1. The highest BCUT2D eigenvalue weighted by Crippen LogP contribution is 2.63. The maximum Gasteiger partial charge on any atom is 0.233 e. The molecule has 2 unspecified atom stereocenters. The first-order valence-electron chi connectivity index (χ1n) is 6.95. The topological polar surface area (TPSA) is 70.4 Å². The van der Waals surface area contributed by atoms with E-state index in [0.29, 0.717) is 11.3 Å². The van der Waals surface area contributed by atoms with E-state index < -0.39 is 0 Å². The molecule has 1 heterocycles. The first-order valence-corrected chi connectivity index (χ1v) is 6.95. The van der Waals surface area contributed by atoms with Gasteiger partial charge in [0, 0.05) is 0 Å². The van der Waals surface area contributed by atoms with E-state index in [1.807, 2.05) is 19.9 Å². The Morgan fingerprint density at radius 1 is 1.29 bits per heavy atom. The molecule has 0 bridgehead atoms. The zero-order valence-corrected chi connectivity index (χ0v) is 12.0. The Morgan fingerprint density at radius 2 is 1.95 bits per heavy atom. The minimum Gasteiger partial charge on any atom is -0.492 e. The van der Waals surface area contributed by atoms with Gasteiger partial charge in [-0.3, -0.25) is 14.5 Å². The number of fused-ring (bicyclic) bond motifs is 1. The summed E-state index contributed by atoms with van der Waals surface area (Å²) in [5.74, 6) is 0.117. The van der Waals surface area contributed by atoms with Crippen LogP contribution in [-0.2, 0) is 9.59 Å². The molecule has 0 spiro atoms. The molecule has 1 aliphatic carbocycles. The van der Waals surface area contributed by atoms with E-state index in [-0.39, 0.29) is 42.2 Å². The number of piperidine rings is 1. The molecule has 2 amide bonds. The molecule has 3 rings (SSSR count). The number of carbonyl (C=O) groups excluding carboxylic acids is 2. The Labute approximate surface area is 123 Å². The number of nitriles is 1. The van der Waals surface area contributed by atoms with Crippen LogP contribution >= 0.6 is 0 Å². The van der Waals surface area contributed by atoms with Crippen molar-refractivity contribution < 1.29 is 14.3 Å². The smallest absolute Gasteiger partial charge is 0.233 e. The second-order valence-electron chi connectivity index (χ2n) is 6.09. The summed E-state index contributed by atoms with van der Waals surface area (Å²) in [6.07, 6.45) is 0. The molecule has 21 heavy (non-hydrogen) atoms. The van der Waals surface area contributed by atoms with Crippen LogP contribution in [0.2, 0.25) is 0 Å². The molecule has 1 saturated carbocycles. The summed E-state index contributed by atoms with van der Waals surface area (Å²) in [6.45, 7) is 4.42. The first kappa shape index (κ1) is 13.6. The van der Waals surface area contributed by atoms with E-state index >= 15 is 0 Å². The number of rotatable bonds is 4. The Balaban J connectivity index is 1.56. The van der Waals surface area contributed by atoms with E-state index in [4.69, 9.17) is 10.00 Å². The Bertz CT molecular complexity index is 636. The fourth-order valence-electron chi connectivity index (χ4n) is 3.13. The van der Waals surface area contributed by atoms with Gasteiger partial charge in [-0.05, 0) is 23.6 Å². The summed E-state index contributed by atoms with van der Waals surface area (Å²) in [7, 11) is 0. The SMILES string of the molecule is CC1(C)C2C(=O)N(CCOc3cccc(C#N)c3)C(=O)C21. The van der Waals surface area contributed by atoms with Crippen LogP contribution in [0.4, 0.5) is 0 Å². The zero-order chi connectivity index (χ0) is 15.2. The molecule has 2 fully saturated rings. The third kappa shape index (κ3) is 2.07. The molecule has 5 heteroatoms. The minimum atomic E-state index is -0.174. The Hall–Kier alpha value is -2.35. The second-order valence-corrected chi connectivity index (χ2v) is 6.09. The molecular formula is C16H16N2O3. The number of benzene rings is 1. The van der Waals surface area contributed by atoms with Crippen LogP contribution in [0.5, 0.6) is 5.75 Å². The summed E-state index contributed by atoms with van der Waals surface area (Å²) < 4.78 is 5.51. The zero-order valence-electron chi connectivity index (χ0n) is 12.0. The van der Waals surface area contributed by atoms with Crippen LogP contribution in [0.3, 0.4) is 0 Å². The number of nitrogens with zero attached hydrogens (tertiary/aromatic N) is 2. The van der Waals surface area contributed by atoms with Gasteiger partial charge in [-0.2, -0.15) is 5.26 Å². The molecule has 2 atom stereocenters. The van der Waals surface area contributed by atoms with Gasteiger partial charge in [0.1, 0.15) is 12.4 Å². The van der Waals surface area contributed by atoms with Crippen molar-refractivity contribution in [2.75, 3.05) is 13.2 Å². The lowest BCUT2D eigenvalue weighted by Gasteiger charge is -2.20. The maximum atomic E-state index is 12.1. The highest BCUT2D eigenvalue weighted by atomic mass is 16.5. The largest absolute Gasteiger partial charge is 0.492 e. The molecule has 0 radical (unpaired) electrons. The lowest BCUT2D eigenvalue weighted by molar-refractivity contribution is -0.143. The predicted octanol–water partition coefficient (Wildman–Crippen LogP) is 1.58. The van der Waals surface area contributed by atoms with Crippen LogP contribution in [0.15, 0.2) is 24.3 Å². The highest BCUT2D eigenvalue weighted by molar-refractivity contribution is 6.10. The van der Waals surface area contributed by atoms with Gasteiger partial charge in [-0.15, -0.1) is 0 Å². The standard InChI is InChI=1S/C16H16N2O3/c1-16(2)12-13(16)15(20)18(14(12)19)6-7-21-11-5-3-4-10(8-11)9-17/h3-5,8,12-13H,6-7H2,1-2H3. The summed E-state index contributed by atoms with van der Waals surface area (Å²) in [5.41, 5.74) is 0.343. The van der Waals surface area contributed by atoms with Gasteiger partial charge in [0.25, 0.3) is 0 Å². The third-order valence-electron chi connectivity index (χ3n) is 4.44. The summed E-state index contributed by atoms with van der Waals surface area (Å²) in [6, 6.07) is 8.84. The average molecular weight is 284 g/mol. The number of imide groups is 1. The maximum absolute atomic E-state index is 12.1. The highest BCUT2D eigenvalue weighted by Gasteiger charge is 2.72. The number of carbonyl (C=O) groups is 2. The Morgan fingerprint density at radius 3 is 2.57 bits per heavy atom. The van der Waals surface area contributed by atoms with Crippen LogP contribution < -0.4 is 4.74 Å². The molecule has 5 nitrogen and oxygen atoms in total. The van der Waals surface area contributed by atoms with Gasteiger partial charge in [0.15, 0.2) is 0 Å². The number of amides is 2. The van der Waals surface area contributed by atoms with Crippen molar-refractivity contribution in [3.8, 4) is 11.8 Å². The first-order chi connectivity index (χ1) is 9.96. The van der Waals surface area contributed by atoms with E-state index in [1.54, 1.807) is 24.3 Å². The molecule has 1 aromatic carbocycles. The molecule has 0 aromatic heterocycles. The minimum absolute atomic E-state index is 0.0793. The van der Waals surface area contributed by atoms with Crippen molar-refractivity contribution in [2.24, 2.45) is 17.3 Å². The van der Waals surface area contributed by atoms with Crippen LogP contribution in [-0.4, -0.2) is 29.9 Å². The molecule has 1 saturated heterocycles. The predicted molar refractivity (Wildman–Crippen MR) is 74.1 cm³/mol. The van der Waals surface area contributed by atoms with Crippen LogP contribution in [0.25, 0.3) is 0 Å². The fraction of sp³-hybridized carbons (Fsp3) is 0.438. The summed E-state index contributed by atoms with van der Waals surface area (Å²) >= 11 is 0. The van der Waals surface area contributed by atoms with Gasteiger partial charge < -0.3 is 4.74 Å². The normalized spacial score (nSPS) is 25.5. The molecule has 1 aliphatic heterocycles. The quantitative estimate of drug-likeness (QED) is 0.787. The van der Waals surface area contributed by atoms with Crippen molar-refractivity contribution in [1.82, 2.24) is 4.90 Å². The Kier molecular flexibility index (Phi) is 2.98. The second kappa shape index (κ2) is 4.59. The summed E-state index contributed by atoms with van der Waals surface area (Å²) in [4.78, 5) is 25.5. The third-order valence-corrected chi connectivity index (χ3v) is 4.44. The van der Waals surface area contributed by atoms with Crippen molar-refractivity contribution >= 4 is 11.8 Å². The lowest BCUT2D eigenvalue weighted by atomic mass is 10.1. The van der Waals surface area contributed by atoms with Crippen LogP contribution in [0, 0.1) is 28.6 Å². The van der Waals surface area contributed by atoms with E-state index in [9.17, 15) is 9.59 Å². The van der Waals surface area contributed by atoms with Crippen molar-refractivity contribution in [2.45, 2.75) is 13.8 Å². The van der Waals surface area contributed by atoms with Gasteiger partial charge in [0.2, 0.25) is 11.8 Å². The fourth-order valence-corrected chi connectivity index (χ4v) is 3.13. The lowest BCUT2D eigenvalue weighted by Crippen LogP contribution is -2.38. The van der Waals surface area contributed by atoms with Gasteiger partial charge in [-0.1, -0.05) is 19.9 Å². The van der Waals surface area contributed by atoms with Crippen LogP contribution in [0.1, 0.15) is 19.4 Å². The number of hydrogen-bond acceptors (Lipinski definition) is 4. The van der Waals surface area contributed by atoms with E-state index in [1.165, 1.54) is 4.90 Å². The van der Waals surface area contributed by atoms with Gasteiger partial charge in [0.05, 0.1) is 30.0 Å². The number of likely N-dealkylation sites (tertiary alicyclic amines) is 1. The molecule has 1 aromatic rings. The molecule has 108 valence electrons. The van der Waals surface area contributed by atoms with E-state index in [0.717, 1.165) is 0 Å². The molecular weight excluding hydrogens is 268 g/mol. The van der Waals surface area contributed by atoms with Crippen molar-refractivity contribution in [3.63, 3.8) is 0 Å². The molecule has 0 N–H and O–H groups in total. The average Bonchev–Trinajstić information content (AvgIpc) is 2.94.